The van der Waals surface area contributed by atoms with E-state index in [1.165, 1.54) is 23.9 Å². The van der Waals surface area contributed by atoms with Crippen LogP contribution in [0.1, 0.15) is 31.7 Å². The zero-order chi connectivity index (χ0) is 22.3. The van der Waals surface area contributed by atoms with Crippen LogP contribution in [0.4, 0.5) is 5.82 Å². The first-order valence-corrected chi connectivity index (χ1v) is 12.0. The summed E-state index contributed by atoms with van der Waals surface area (Å²) in [5, 5.41) is 8.29. The fraction of sp³-hybridized carbons (Fsp3) is 0.600. The van der Waals surface area contributed by atoms with Gasteiger partial charge in [0.2, 0.25) is 0 Å². The van der Waals surface area contributed by atoms with Gasteiger partial charge in [0.1, 0.15) is 5.82 Å². The highest BCUT2D eigenvalue weighted by Crippen LogP contribution is 2.23. The molecule has 2 aliphatic rings. The zero-order valence-electron chi connectivity index (χ0n) is 20.2. The molecule has 1 aromatic carbocycles. The molecule has 182 valence electrons. The van der Waals surface area contributed by atoms with Crippen molar-refractivity contribution in [2.24, 2.45) is 10.9 Å². The predicted molar refractivity (Wildman–Crippen MR) is 148 cm³/mol. The maximum absolute atomic E-state index is 5.54. The van der Waals surface area contributed by atoms with E-state index >= 15 is 0 Å². The topological polar surface area (TPSA) is 65.0 Å². The lowest BCUT2D eigenvalue weighted by molar-refractivity contribution is 0.150. The number of halogens is 1. The molecule has 0 saturated carbocycles. The number of benzene rings is 1. The Kier molecular flexibility index (Phi) is 10.0. The first-order chi connectivity index (χ1) is 15.6. The molecule has 0 spiro atoms. The lowest BCUT2D eigenvalue weighted by Gasteiger charge is -2.34. The Hall–Kier alpha value is -1.65. The van der Waals surface area contributed by atoms with Gasteiger partial charge in [-0.25, -0.2) is 9.98 Å². The molecule has 2 fully saturated rings. The summed E-state index contributed by atoms with van der Waals surface area (Å²) in [7, 11) is 4.06. The van der Waals surface area contributed by atoms with E-state index in [9.17, 15) is 0 Å². The molecule has 0 bridgehead atoms. The highest BCUT2D eigenvalue weighted by molar-refractivity contribution is 14.0. The number of piperidine rings is 1. The number of para-hydroxylation sites is 1. The van der Waals surface area contributed by atoms with E-state index in [1.54, 1.807) is 0 Å². The number of guanidine groups is 1. The van der Waals surface area contributed by atoms with Crippen molar-refractivity contribution in [2.45, 2.75) is 38.8 Å². The molecule has 0 radical (unpaired) electrons. The molecule has 2 aromatic rings. The minimum Gasteiger partial charge on any atom is -0.381 e. The number of anilines is 1. The quantitative estimate of drug-likeness (QED) is 0.304. The Morgan fingerprint density at radius 1 is 1.21 bits per heavy atom. The van der Waals surface area contributed by atoms with Crippen LogP contribution in [0.15, 0.2) is 35.3 Å². The van der Waals surface area contributed by atoms with Crippen molar-refractivity contribution in [1.29, 1.82) is 0 Å². The number of aromatic nitrogens is 1. The molecule has 1 atom stereocenters. The van der Waals surface area contributed by atoms with E-state index < -0.39 is 0 Å². The van der Waals surface area contributed by atoms with E-state index in [-0.39, 0.29) is 24.0 Å². The van der Waals surface area contributed by atoms with Gasteiger partial charge in [0.25, 0.3) is 0 Å². The fourth-order valence-corrected chi connectivity index (χ4v) is 4.62. The van der Waals surface area contributed by atoms with Crippen molar-refractivity contribution in [1.82, 2.24) is 20.5 Å². The highest BCUT2D eigenvalue weighted by atomic mass is 127. The molecular weight excluding hydrogens is 527 g/mol. The number of nitrogens with zero attached hydrogens (tertiary/aromatic N) is 4. The standard InChI is InChI=1S/C25H38N6O.HI/c1-4-26-25(28-21-9-12-31(13-10-21)17-19-11-14-32-18-19)27-16-20-15-24(30(2)3)29-23-8-6-5-7-22(20)23;/h5-8,15,19,21H,4,9-14,16-18H2,1-3H3,(H2,26,27,28);1H. The van der Waals surface area contributed by atoms with Crippen LogP contribution in [0.5, 0.6) is 0 Å². The summed E-state index contributed by atoms with van der Waals surface area (Å²) in [5.74, 6) is 2.59. The molecule has 1 aromatic heterocycles. The second-order valence-corrected chi connectivity index (χ2v) is 9.20. The first kappa shape index (κ1) is 26.0. The van der Waals surface area contributed by atoms with Crippen LogP contribution in [0, 0.1) is 5.92 Å². The maximum atomic E-state index is 5.54. The molecular formula is C25H39IN6O. The first-order valence-electron chi connectivity index (χ1n) is 12.0. The van der Waals surface area contributed by atoms with Gasteiger partial charge < -0.3 is 25.2 Å². The van der Waals surface area contributed by atoms with Gasteiger partial charge in [-0.1, -0.05) is 18.2 Å². The molecule has 33 heavy (non-hydrogen) atoms. The summed E-state index contributed by atoms with van der Waals surface area (Å²) in [5.41, 5.74) is 2.21. The number of hydrogen-bond acceptors (Lipinski definition) is 5. The van der Waals surface area contributed by atoms with Crippen molar-refractivity contribution in [2.75, 3.05) is 58.4 Å². The van der Waals surface area contributed by atoms with Crippen molar-refractivity contribution < 1.29 is 4.74 Å². The van der Waals surface area contributed by atoms with Gasteiger partial charge in [-0.2, -0.15) is 0 Å². The fourth-order valence-electron chi connectivity index (χ4n) is 4.62. The summed E-state index contributed by atoms with van der Waals surface area (Å²) in [6.07, 6.45) is 3.52. The Labute approximate surface area is 215 Å². The Balaban J connectivity index is 0.00000306. The monoisotopic (exact) mass is 566 g/mol. The summed E-state index contributed by atoms with van der Waals surface area (Å²) in [6, 6.07) is 10.9. The normalized spacial score (nSPS) is 20.0. The number of likely N-dealkylation sites (tertiary alicyclic amines) is 1. The minimum absolute atomic E-state index is 0. The van der Waals surface area contributed by atoms with E-state index in [2.05, 4.69) is 51.6 Å². The number of hydrogen-bond donors (Lipinski definition) is 2. The van der Waals surface area contributed by atoms with Crippen LogP contribution in [0.3, 0.4) is 0 Å². The number of fused-ring (bicyclic) bond motifs is 1. The summed E-state index contributed by atoms with van der Waals surface area (Å²) >= 11 is 0. The average Bonchev–Trinajstić information content (AvgIpc) is 3.31. The van der Waals surface area contributed by atoms with Crippen molar-refractivity contribution in [3.05, 3.63) is 35.9 Å². The van der Waals surface area contributed by atoms with Gasteiger partial charge in [0.15, 0.2) is 5.96 Å². The largest absolute Gasteiger partial charge is 0.381 e. The zero-order valence-corrected chi connectivity index (χ0v) is 22.5. The molecule has 0 amide bonds. The van der Waals surface area contributed by atoms with Crippen LogP contribution >= 0.6 is 24.0 Å². The van der Waals surface area contributed by atoms with Crippen LogP contribution in [-0.2, 0) is 11.3 Å². The highest BCUT2D eigenvalue weighted by Gasteiger charge is 2.24. The van der Waals surface area contributed by atoms with Crippen molar-refractivity contribution >= 4 is 46.7 Å². The van der Waals surface area contributed by atoms with Gasteiger partial charge >= 0.3 is 0 Å². The smallest absolute Gasteiger partial charge is 0.191 e. The second kappa shape index (κ2) is 12.7. The number of aliphatic imine (C=N–C) groups is 1. The number of nitrogens with one attached hydrogen (secondary N) is 2. The molecule has 2 N–H and O–H groups in total. The van der Waals surface area contributed by atoms with Crippen LogP contribution in [0.2, 0.25) is 0 Å². The molecule has 1 unspecified atom stereocenters. The Morgan fingerprint density at radius 2 is 2.00 bits per heavy atom. The third-order valence-electron chi connectivity index (χ3n) is 6.47. The number of pyridine rings is 1. The van der Waals surface area contributed by atoms with Gasteiger partial charge in [0.05, 0.1) is 18.7 Å². The van der Waals surface area contributed by atoms with E-state index in [1.807, 2.05) is 20.2 Å². The summed E-state index contributed by atoms with van der Waals surface area (Å²) in [6.45, 7) is 8.96. The SMILES string of the molecule is CCNC(=NCc1cc(N(C)C)nc2ccccc12)NC1CCN(CC2CCOC2)CC1.I. The van der Waals surface area contributed by atoms with Gasteiger partial charge in [0, 0.05) is 58.3 Å². The number of ether oxygens (including phenoxy) is 1. The maximum Gasteiger partial charge on any atom is 0.191 e. The third-order valence-corrected chi connectivity index (χ3v) is 6.47. The second-order valence-electron chi connectivity index (χ2n) is 9.20. The van der Waals surface area contributed by atoms with Crippen LogP contribution < -0.4 is 15.5 Å². The molecule has 4 rings (SSSR count). The van der Waals surface area contributed by atoms with E-state index in [4.69, 9.17) is 14.7 Å². The molecule has 3 heterocycles. The number of rotatable bonds is 7. The summed E-state index contributed by atoms with van der Waals surface area (Å²) < 4.78 is 5.54. The summed E-state index contributed by atoms with van der Waals surface area (Å²) in [4.78, 5) is 14.4. The lowest BCUT2D eigenvalue weighted by atomic mass is 10.0. The van der Waals surface area contributed by atoms with Gasteiger partial charge in [-0.05, 0) is 49.8 Å². The lowest BCUT2D eigenvalue weighted by Crippen LogP contribution is -2.49. The Morgan fingerprint density at radius 3 is 2.70 bits per heavy atom. The molecule has 0 aliphatic carbocycles. The predicted octanol–water partition coefficient (Wildman–Crippen LogP) is 3.47. The van der Waals surface area contributed by atoms with Crippen LogP contribution in [0.25, 0.3) is 10.9 Å². The molecule has 2 aliphatic heterocycles. The van der Waals surface area contributed by atoms with Gasteiger partial charge in [-0.15, -0.1) is 24.0 Å². The third kappa shape index (κ3) is 7.16. The molecule has 2 saturated heterocycles. The molecule has 7 nitrogen and oxygen atoms in total. The van der Waals surface area contributed by atoms with Crippen LogP contribution in [-0.4, -0.2) is 75.4 Å². The van der Waals surface area contributed by atoms with E-state index in [0.717, 1.165) is 68.9 Å². The van der Waals surface area contributed by atoms with Crippen molar-refractivity contribution in [3.63, 3.8) is 0 Å². The average molecular weight is 567 g/mol. The van der Waals surface area contributed by atoms with Gasteiger partial charge in [-0.3, -0.25) is 0 Å². The minimum atomic E-state index is 0. The Bertz CT molecular complexity index is 907. The molecule has 8 heteroatoms. The van der Waals surface area contributed by atoms with Crippen molar-refractivity contribution in [3.8, 4) is 0 Å². The van der Waals surface area contributed by atoms with E-state index in [0.29, 0.717) is 12.6 Å².